The first-order chi connectivity index (χ1) is 9.99. The van der Waals surface area contributed by atoms with Gasteiger partial charge in [-0.2, -0.15) is 5.26 Å². The number of rotatable bonds is 4. The van der Waals surface area contributed by atoms with E-state index in [0.29, 0.717) is 0 Å². The average Bonchev–Trinajstić information content (AvgIpc) is 2.72. The molecule has 2 rings (SSSR count). The first-order valence-electron chi connectivity index (χ1n) is 6.09. The summed E-state index contributed by atoms with van der Waals surface area (Å²) in [4.78, 5) is 24.9. The number of methoxy groups -OCH3 is 2. The third-order valence-corrected chi connectivity index (χ3v) is 3.32. The van der Waals surface area contributed by atoms with Gasteiger partial charge in [0.2, 0.25) is 5.60 Å². The fraction of sp³-hybridized carbons (Fsp3) is 0.583. The van der Waals surface area contributed by atoms with Gasteiger partial charge in [-0.3, -0.25) is 14.3 Å². The minimum absolute atomic E-state index is 0.145. The summed E-state index contributed by atoms with van der Waals surface area (Å²) in [6.45, 7) is -0.145. The number of nitrogens with one attached hydrogen (secondary N) is 1. The minimum Gasteiger partial charge on any atom is -0.385 e. The molecule has 0 bridgehead atoms. The van der Waals surface area contributed by atoms with E-state index in [1.165, 1.54) is 20.4 Å². The molecule has 1 aromatic heterocycles. The lowest BCUT2D eigenvalue weighted by molar-refractivity contribution is -0.107. The Kier molecular flexibility index (Phi) is 4.24. The summed E-state index contributed by atoms with van der Waals surface area (Å²) in [7, 11) is 2.69. The second kappa shape index (κ2) is 5.79. The number of nitrogens with zero attached hydrogens (tertiary/aromatic N) is 2. The number of aliphatic hydroxyl groups excluding tert-OH is 1. The zero-order valence-electron chi connectivity index (χ0n) is 11.5. The van der Waals surface area contributed by atoms with E-state index in [1.807, 2.05) is 6.07 Å². The van der Waals surface area contributed by atoms with Crippen molar-refractivity contribution in [1.82, 2.24) is 9.55 Å². The van der Waals surface area contributed by atoms with E-state index in [2.05, 4.69) is 4.98 Å². The monoisotopic (exact) mass is 297 g/mol. The van der Waals surface area contributed by atoms with Crippen LogP contribution in [0.4, 0.5) is 0 Å². The molecule has 1 unspecified atom stereocenters. The highest BCUT2D eigenvalue weighted by Gasteiger charge is 2.57. The quantitative estimate of drug-likeness (QED) is 0.681. The summed E-state index contributed by atoms with van der Waals surface area (Å²) in [6, 6.07) is 3.03. The maximum Gasteiger partial charge on any atom is 0.330 e. The number of nitriles is 1. The second-order valence-corrected chi connectivity index (χ2v) is 4.61. The minimum atomic E-state index is -1.55. The van der Waals surface area contributed by atoms with E-state index in [0.717, 1.165) is 10.6 Å². The van der Waals surface area contributed by atoms with E-state index in [4.69, 9.17) is 14.2 Å². The van der Waals surface area contributed by atoms with Gasteiger partial charge in [-0.15, -0.1) is 0 Å². The molecule has 0 radical (unpaired) electrons. The van der Waals surface area contributed by atoms with Crippen LogP contribution in [0.1, 0.15) is 6.23 Å². The van der Waals surface area contributed by atoms with Gasteiger partial charge in [-0.05, 0) is 0 Å². The van der Waals surface area contributed by atoms with Crippen molar-refractivity contribution in [3.63, 3.8) is 0 Å². The fourth-order valence-corrected chi connectivity index (χ4v) is 2.41. The van der Waals surface area contributed by atoms with Crippen molar-refractivity contribution >= 4 is 0 Å². The van der Waals surface area contributed by atoms with Crippen molar-refractivity contribution < 1.29 is 19.3 Å². The number of hydrogen-bond donors (Lipinski definition) is 2. The molecule has 9 nitrogen and oxygen atoms in total. The Balaban J connectivity index is 2.46. The molecule has 1 saturated heterocycles. The van der Waals surface area contributed by atoms with Crippen LogP contribution in [0.3, 0.4) is 0 Å². The molecule has 0 aromatic carbocycles. The van der Waals surface area contributed by atoms with E-state index >= 15 is 0 Å². The molecule has 1 aliphatic heterocycles. The Hall–Kier alpha value is -1.99. The Labute approximate surface area is 119 Å². The maximum absolute atomic E-state index is 11.8. The zero-order chi connectivity index (χ0) is 15.6. The molecule has 0 amide bonds. The van der Waals surface area contributed by atoms with Crippen LogP contribution in [0.15, 0.2) is 21.9 Å². The number of aromatic nitrogens is 2. The van der Waals surface area contributed by atoms with Crippen molar-refractivity contribution in [3.8, 4) is 6.07 Å². The van der Waals surface area contributed by atoms with Crippen molar-refractivity contribution in [2.75, 3.05) is 20.8 Å². The molecule has 1 aromatic rings. The normalized spacial score (nSPS) is 32.0. The van der Waals surface area contributed by atoms with Gasteiger partial charge in [-0.25, -0.2) is 4.79 Å². The lowest BCUT2D eigenvalue weighted by Gasteiger charge is -2.25. The molecule has 4 atom stereocenters. The van der Waals surface area contributed by atoms with Crippen LogP contribution in [0.5, 0.6) is 0 Å². The van der Waals surface area contributed by atoms with Gasteiger partial charge < -0.3 is 19.3 Å². The first kappa shape index (κ1) is 15.4. The first-order valence-corrected chi connectivity index (χ1v) is 6.09. The fourth-order valence-electron chi connectivity index (χ4n) is 2.41. The van der Waals surface area contributed by atoms with Crippen LogP contribution in [-0.4, -0.2) is 53.3 Å². The van der Waals surface area contributed by atoms with Crippen LogP contribution in [0.2, 0.25) is 0 Å². The predicted octanol–water partition coefficient (Wildman–Crippen LogP) is -1.65. The lowest BCUT2D eigenvalue weighted by atomic mass is 9.97. The number of aliphatic hydroxyl groups is 1. The number of H-pyrrole nitrogens is 1. The van der Waals surface area contributed by atoms with E-state index in [1.54, 1.807) is 0 Å². The highest BCUT2D eigenvalue weighted by Crippen LogP contribution is 2.38. The lowest BCUT2D eigenvalue weighted by Crippen LogP contribution is -2.46. The van der Waals surface area contributed by atoms with Gasteiger partial charge in [0.25, 0.3) is 5.56 Å². The molecule has 114 valence electrons. The van der Waals surface area contributed by atoms with Gasteiger partial charge in [0.05, 0.1) is 6.61 Å². The third-order valence-electron chi connectivity index (χ3n) is 3.32. The molecule has 21 heavy (non-hydrogen) atoms. The van der Waals surface area contributed by atoms with E-state index in [9.17, 15) is 20.0 Å². The summed E-state index contributed by atoms with van der Waals surface area (Å²) < 4.78 is 16.6. The number of aromatic amines is 1. The van der Waals surface area contributed by atoms with Gasteiger partial charge in [0, 0.05) is 26.5 Å². The molecule has 0 aliphatic carbocycles. The summed E-state index contributed by atoms with van der Waals surface area (Å²) in [5, 5.41) is 19.6. The molecule has 0 saturated carbocycles. The van der Waals surface area contributed by atoms with Crippen molar-refractivity contribution in [1.29, 1.82) is 5.26 Å². The molecule has 1 fully saturated rings. The van der Waals surface area contributed by atoms with Crippen molar-refractivity contribution in [3.05, 3.63) is 33.1 Å². The molecular formula is C12H15N3O6. The summed E-state index contributed by atoms with van der Waals surface area (Å²) in [5.41, 5.74) is -2.88. The van der Waals surface area contributed by atoms with E-state index in [-0.39, 0.29) is 6.61 Å². The molecule has 2 heterocycles. The molecule has 1 aliphatic rings. The van der Waals surface area contributed by atoms with E-state index < -0.39 is 35.3 Å². The van der Waals surface area contributed by atoms with Crippen LogP contribution < -0.4 is 11.2 Å². The SMILES string of the molecule is COC[C@@]1(C#N)O[C@@H](n2ccc(=O)[nH]c2=O)[C@@H](O)C1OC. The Morgan fingerprint density at radius 3 is 2.81 bits per heavy atom. The molecule has 9 heteroatoms. The summed E-state index contributed by atoms with van der Waals surface area (Å²) in [5.74, 6) is 0. The van der Waals surface area contributed by atoms with Crippen LogP contribution in [-0.2, 0) is 14.2 Å². The summed E-state index contributed by atoms with van der Waals surface area (Å²) >= 11 is 0. The largest absolute Gasteiger partial charge is 0.385 e. The third kappa shape index (κ3) is 2.50. The summed E-state index contributed by atoms with van der Waals surface area (Å²) in [6.07, 6.45) is -2.28. The standard InChI is InChI=1S/C12H15N3O6/c1-19-6-12(5-13)9(20-2)8(17)10(21-12)15-4-3-7(16)14-11(15)18/h3-4,8-10,17H,6H2,1-2H3,(H,14,16,18)/t8-,9?,10+,12+/m0/s1. The second-order valence-electron chi connectivity index (χ2n) is 4.61. The number of hydrogen-bond acceptors (Lipinski definition) is 7. The van der Waals surface area contributed by atoms with Crippen molar-refractivity contribution in [2.24, 2.45) is 0 Å². The maximum atomic E-state index is 11.8. The van der Waals surface area contributed by atoms with Crippen LogP contribution >= 0.6 is 0 Å². The van der Waals surface area contributed by atoms with Crippen LogP contribution in [0.25, 0.3) is 0 Å². The predicted molar refractivity (Wildman–Crippen MR) is 68.5 cm³/mol. The topological polar surface area (TPSA) is 127 Å². The van der Waals surface area contributed by atoms with Crippen LogP contribution in [0, 0.1) is 11.3 Å². The highest BCUT2D eigenvalue weighted by molar-refractivity contribution is 5.15. The van der Waals surface area contributed by atoms with Gasteiger partial charge in [0.15, 0.2) is 6.23 Å². The highest BCUT2D eigenvalue weighted by atomic mass is 16.6. The smallest absolute Gasteiger partial charge is 0.330 e. The van der Waals surface area contributed by atoms with Crippen molar-refractivity contribution in [2.45, 2.75) is 24.0 Å². The molecule has 0 spiro atoms. The zero-order valence-corrected chi connectivity index (χ0v) is 11.5. The van der Waals surface area contributed by atoms with Gasteiger partial charge in [-0.1, -0.05) is 0 Å². The Bertz CT molecular complexity index is 662. The Morgan fingerprint density at radius 1 is 1.57 bits per heavy atom. The number of ether oxygens (including phenoxy) is 3. The molecule has 2 N–H and O–H groups in total. The average molecular weight is 297 g/mol. The van der Waals surface area contributed by atoms with Gasteiger partial charge >= 0.3 is 5.69 Å². The van der Waals surface area contributed by atoms with Gasteiger partial charge in [0.1, 0.15) is 18.3 Å². The molecular weight excluding hydrogens is 282 g/mol. The Morgan fingerprint density at radius 2 is 2.29 bits per heavy atom.